The van der Waals surface area contributed by atoms with Crippen molar-refractivity contribution in [1.82, 2.24) is 19.1 Å². The molecule has 6 aliphatic heterocycles. The monoisotopic (exact) mass is 582 g/mol. The highest BCUT2D eigenvalue weighted by Crippen LogP contribution is 2.49. The normalized spacial score (nSPS) is 21.3. The van der Waals surface area contributed by atoms with Crippen LogP contribution in [0.25, 0.3) is 16.7 Å². The molecule has 1 aromatic carbocycles. The molecule has 1 unspecified atom stereocenters. The molecule has 0 radical (unpaired) electrons. The van der Waals surface area contributed by atoms with E-state index < -0.39 is 5.91 Å². The van der Waals surface area contributed by atoms with Gasteiger partial charge in [-0.1, -0.05) is 33.4 Å². The molecule has 0 bridgehead atoms. The minimum atomic E-state index is -0.598. The minimum Gasteiger partial charge on any atom is -0.364 e. The number of hydrogen-bond donors (Lipinski definition) is 2. The molecule has 5 aromatic rings. The Kier molecular flexibility index (Phi) is 4.08. The molecule has 0 fully saturated rings. The van der Waals surface area contributed by atoms with E-state index in [-0.39, 0.29) is 5.92 Å². The van der Waals surface area contributed by atoms with Crippen molar-refractivity contribution in [2.45, 2.75) is 32.6 Å². The highest BCUT2D eigenvalue weighted by atomic mass is 15.6. The number of nitrogens with one attached hydrogen (secondary N) is 2. The largest absolute Gasteiger partial charge is 0.553 e. The Labute approximate surface area is 259 Å². The summed E-state index contributed by atoms with van der Waals surface area (Å²) in [4.78, 5) is 6.92. The molecule has 214 valence electrons. The van der Waals surface area contributed by atoms with Gasteiger partial charge in [-0.3, -0.25) is 0 Å². The van der Waals surface area contributed by atoms with Crippen LogP contribution in [0.4, 0.5) is 0 Å². The fourth-order valence-corrected chi connectivity index (χ4v) is 9.02. The lowest BCUT2D eigenvalue weighted by molar-refractivity contribution is -0.837. The molecule has 2 N–H and O–H groups in total. The van der Waals surface area contributed by atoms with E-state index in [0.29, 0.717) is 0 Å². The van der Waals surface area contributed by atoms with Gasteiger partial charge < -0.3 is 9.97 Å². The first-order chi connectivity index (χ1) is 22.1. The zero-order chi connectivity index (χ0) is 29.8. The molecule has 11 rings (SSSR count). The van der Waals surface area contributed by atoms with Crippen LogP contribution in [-0.2, 0) is 5.91 Å². The summed E-state index contributed by atoms with van der Waals surface area (Å²) in [7, 11) is 0. The molecule has 6 heteroatoms. The van der Waals surface area contributed by atoms with E-state index in [9.17, 15) is 0 Å². The minimum absolute atomic E-state index is 0.109. The summed E-state index contributed by atoms with van der Waals surface area (Å²) in [5.74, 6) is -0.489. The third-order valence-corrected chi connectivity index (χ3v) is 10.9. The highest BCUT2D eigenvalue weighted by molar-refractivity contribution is 6.23. The fourth-order valence-electron chi connectivity index (χ4n) is 9.02. The summed E-state index contributed by atoms with van der Waals surface area (Å²) >= 11 is 0. The Bertz CT molecular complexity index is 2490. The van der Waals surface area contributed by atoms with Crippen LogP contribution in [0.3, 0.4) is 0 Å². The Morgan fingerprint density at radius 2 is 1.22 bits per heavy atom. The van der Waals surface area contributed by atoms with Crippen molar-refractivity contribution in [3.05, 3.63) is 171 Å². The molecular formula is C39H30N6+2. The quantitative estimate of drug-likeness (QED) is 0.278. The van der Waals surface area contributed by atoms with Crippen molar-refractivity contribution in [1.29, 1.82) is 0 Å². The molecule has 4 aromatic heterocycles. The van der Waals surface area contributed by atoms with Crippen LogP contribution in [0.15, 0.2) is 126 Å². The topological polar surface area (TPSA) is 47.5 Å². The van der Waals surface area contributed by atoms with Crippen LogP contribution < -0.4 is 10.7 Å². The lowest BCUT2D eigenvalue weighted by Crippen LogP contribution is -2.71. The molecule has 0 saturated carbocycles. The number of nitrogens with zero attached hydrogens (tertiary/aromatic N) is 4. The first-order valence-electron chi connectivity index (χ1n) is 15.8. The van der Waals surface area contributed by atoms with E-state index in [1.807, 2.05) is 12.4 Å². The number of aromatic amines is 2. The summed E-state index contributed by atoms with van der Waals surface area (Å²) in [6.07, 6.45) is 13.3. The van der Waals surface area contributed by atoms with Gasteiger partial charge in [-0.15, -0.1) is 0 Å². The summed E-state index contributed by atoms with van der Waals surface area (Å²) in [6, 6.07) is 27.1. The van der Waals surface area contributed by atoms with Gasteiger partial charge in [0.2, 0.25) is 22.8 Å². The second kappa shape index (κ2) is 7.71. The van der Waals surface area contributed by atoms with Gasteiger partial charge in [-0.2, -0.15) is 9.13 Å². The van der Waals surface area contributed by atoms with Gasteiger partial charge in [0, 0.05) is 64.8 Å². The zero-order valence-corrected chi connectivity index (χ0v) is 25.3. The number of hydrogen-bond acceptors (Lipinski definition) is 0. The van der Waals surface area contributed by atoms with Gasteiger partial charge in [0.05, 0.1) is 33.6 Å². The molecule has 0 aliphatic carbocycles. The predicted molar refractivity (Wildman–Crippen MR) is 175 cm³/mol. The van der Waals surface area contributed by atoms with Crippen LogP contribution in [0.5, 0.6) is 0 Å². The smallest absolute Gasteiger partial charge is 0.364 e. The van der Waals surface area contributed by atoms with E-state index >= 15 is 0 Å². The molecule has 1 atom stereocenters. The average Bonchev–Trinajstić information content (AvgIpc) is 3.90. The predicted octanol–water partition coefficient (Wildman–Crippen LogP) is 5.07. The van der Waals surface area contributed by atoms with E-state index in [1.54, 1.807) is 0 Å². The zero-order valence-electron chi connectivity index (χ0n) is 25.3. The Morgan fingerprint density at radius 3 is 1.89 bits per heavy atom. The van der Waals surface area contributed by atoms with Gasteiger partial charge in [-0.25, -0.2) is 0 Å². The van der Waals surface area contributed by atoms with Crippen LogP contribution in [0.1, 0.15) is 60.6 Å². The maximum Gasteiger partial charge on any atom is 0.553 e. The Morgan fingerprint density at radius 1 is 0.600 bits per heavy atom. The van der Waals surface area contributed by atoms with Gasteiger partial charge in [0.1, 0.15) is 0 Å². The van der Waals surface area contributed by atoms with Crippen molar-refractivity contribution in [3.8, 4) is 0 Å². The Balaban J connectivity index is 1.22. The van der Waals surface area contributed by atoms with E-state index in [2.05, 4.69) is 146 Å². The van der Waals surface area contributed by atoms with Crippen LogP contribution in [0, 0.1) is 0 Å². The number of benzene rings is 1. The van der Waals surface area contributed by atoms with E-state index in [0.717, 1.165) is 0 Å². The second-order valence-corrected chi connectivity index (χ2v) is 12.9. The fraction of sp³-hybridized carbons (Fsp3) is 0.128. The number of aromatic nitrogens is 4. The molecule has 0 amide bonds. The summed E-state index contributed by atoms with van der Waals surface area (Å²) in [6.45, 7) is 6.83. The first kappa shape index (κ1) is 23.8. The van der Waals surface area contributed by atoms with Gasteiger partial charge >= 0.3 is 5.91 Å². The van der Waals surface area contributed by atoms with Crippen molar-refractivity contribution in [2.24, 2.45) is 0 Å². The van der Waals surface area contributed by atoms with Crippen LogP contribution >= 0.6 is 0 Å². The lowest BCUT2D eigenvalue weighted by Gasteiger charge is -2.40. The number of rotatable bonds is 4. The average molecular weight is 583 g/mol. The number of H-pyrrole nitrogens is 2. The van der Waals surface area contributed by atoms with E-state index in [1.165, 1.54) is 89.7 Å². The third kappa shape index (κ3) is 2.51. The first-order valence-corrected chi connectivity index (χ1v) is 15.8. The maximum atomic E-state index is 3.46. The van der Waals surface area contributed by atoms with Crippen molar-refractivity contribution < 1.29 is 9.15 Å². The molecule has 6 aliphatic rings. The standard InChI is InChI=1S/C39H29N6/c1-22-29-12-14-31-23(2)33-16-18-35-38(26-10-8-25(9-11-26)37(27-6-4-20-40-27)28-7-5-21-41-28)36-19-17-34-24(3)32-15-13-30(22)43(32)39(42(29)31,44(33)35)45(34)36/h4-21,37,40H,1-3H3/q+1/p+1. The Hall–Kier alpha value is -5.62. The molecule has 0 saturated heterocycles. The SMILES string of the molecule is CC1=C2C=CC3=[N+]2C24n5c(ccc5C(c5ccc(C(c6ccc[nH]6)c6ccc[nH]6)cc5)=c5ccc(n52)=C3C)C(C)=C2C=CC1=[N+]24. The van der Waals surface area contributed by atoms with Crippen LogP contribution in [-0.4, -0.2) is 39.7 Å². The molecule has 6 nitrogen and oxygen atoms in total. The lowest BCUT2D eigenvalue weighted by atomic mass is 9.90. The van der Waals surface area contributed by atoms with Crippen molar-refractivity contribution in [2.75, 3.05) is 0 Å². The molecule has 1 spiro atoms. The number of allylic oxidation sites excluding steroid dienone is 6. The highest BCUT2D eigenvalue weighted by Gasteiger charge is 2.72. The van der Waals surface area contributed by atoms with Crippen LogP contribution in [0.2, 0.25) is 0 Å². The molecule has 10 heterocycles. The summed E-state index contributed by atoms with van der Waals surface area (Å²) in [5.41, 5.74) is 17.7. The van der Waals surface area contributed by atoms with Crippen molar-refractivity contribution in [3.63, 3.8) is 0 Å². The second-order valence-electron chi connectivity index (χ2n) is 12.9. The van der Waals surface area contributed by atoms with E-state index in [4.69, 9.17) is 0 Å². The van der Waals surface area contributed by atoms with Gasteiger partial charge in [-0.05, 0) is 80.4 Å². The van der Waals surface area contributed by atoms with Crippen molar-refractivity contribution >= 4 is 28.1 Å². The maximum absolute atomic E-state index is 3.46. The van der Waals surface area contributed by atoms with Gasteiger partial charge in [0.15, 0.2) is 0 Å². The summed E-state index contributed by atoms with van der Waals surface area (Å²) in [5, 5.41) is 2.51. The molecular weight excluding hydrogens is 552 g/mol. The molecule has 45 heavy (non-hydrogen) atoms. The van der Waals surface area contributed by atoms with Gasteiger partial charge in [0.25, 0.3) is 0 Å². The third-order valence-electron chi connectivity index (χ3n) is 10.9. The summed E-state index contributed by atoms with van der Waals surface area (Å²) < 4.78 is 10.4.